The molecule has 0 aliphatic carbocycles. The number of halogens is 3. The van der Waals surface area contributed by atoms with Crippen molar-refractivity contribution in [2.45, 2.75) is 6.42 Å². The maximum absolute atomic E-state index is 13.6. The van der Waals surface area contributed by atoms with Crippen LogP contribution in [0.4, 0.5) is 4.39 Å². The monoisotopic (exact) mass is 316 g/mol. The summed E-state index contributed by atoms with van der Waals surface area (Å²) in [5, 5.41) is 0.0153. The molecule has 1 aromatic heterocycles. The highest BCUT2D eigenvalue weighted by atomic mass is 79.9. The van der Waals surface area contributed by atoms with E-state index < -0.39 is 5.82 Å². The van der Waals surface area contributed by atoms with Crippen LogP contribution in [0.1, 0.15) is 15.9 Å². The van der Waals surface area contributed by atoms with Gasteiger partial charge in [0.05, 0.1) is 16.8 Å². The smallest absolute Gasteiger partial charge is 0.179 e. The Balaban J connectivity index is 2.25. The maximum atomic E-state index is 13.6. The zero-order valence-electron chi connectivity index (χ0n) is 8.54. The molecule has 0 saturated heterocycles. The molecule has 0 N–H and O–H groups in total. The normalized spacial score (nSPS) is 10.5. The lowest BCUT2D eigenvalue weighted by molar-refractivity contribution is 0.0990. The Labute approximate surface area is 111 Å². The minimum Gasteiger partial charge on any atom is -0.457 e. The molecule has 0 amide bonds. The topological polar surface area (TPSA) is 30.2 Å². The lowest BCUT2D eigenvalue weighted by Gasteiger charge is -2.03. The van der Waals surface area contributed by atoms with E-state index >= 15 is 0 Å². The van der Waals surface area contributed by atoms with Crippen LogP contribution >= 0.6 is 27.5 Å². The van der Waals surface area contributed by atoms with E-state index in [1.54, 1.807) is 6.07 Å². The first-order valence-electron chi connectivity index (χ1n) is 4.78. The number of rotatable bonds is 3. The molecule has 0 aliphatic rings. The second-order valence-corrected chi connectivity index (χ2v) is 4.55. The van der Waals surface area contributed by atoms with E-state index in [2.05, 4.69) is 15.9 Å². The van der Waals surface area contributed by atoms with E-state index in [1.165, 1.54) is 24.5 Å². The summed E-state index contributed by atoms with van der Waals surface area (Å²) in [6.45, 7) is 0. The number of Topliss-reactive ketones (excluding diaryl/α,β-unsaturated/α-hetero) is 1. The molecule has 0 radical (unpaired) electrons. The van der Waals surface area contributed by atoms with Gasteiger partial charge in [0.15, 0.2) is 10.5 Å². The maximum Gasteiger partial charge on any atom is 0.179 e. The molecule has 88 valence electrons. The van der Waals surface area contributed by atoms with Crippen molar-refractivity contribution in [1.29, 1.82) is 0 Å². The molecule has 5 heteroatoms. The van der Waals surface area contributed by atoms with Gasteiger partial charge in [0.2, 0.25) is 0 Å². The third-order valence-electron chi connectivity index (χ3n) is 2.30. The minimum absolute atomic E-state index is 0.0153. The van der Waals surface area contributed by atoms with Gasteiger partial charge in [-0.15, -0.1) is 0 Å². The van der Waals surface area contributed by atoms with Gasteiger partial charge in [-0.25, -0.2) is 4.39 Å². The van der Waals surface area contributed by atoms with Gasteiger partial charge < -0.3 is 4.42 Å². The van der Waals surface area contributed by atoms with Gasteiger partial charge >= 0.3 is 0 Å². The summed E-state index contributed by atoms with van der Waals surface area (Å²) < 4.78 is 18.9. The first-order chi connectivity index (χ1) is 8.09. The van der Waals surface area contributed by atoms with Crippen LogP contribution in [0.5, 0.6) is 0 Å². The van der Waals surface area contributed by atoms with Gasteiger partial charge in [0, 0.05) is 6.42 Å². The number of benzene rings is 1. The van der Waals surface area contributed by atoms with Crippen molar-refractivity contribution in [3.8, 4) is 0 Å². The Bertz CT molecular complexity index is 565. The van der Waals surface area contributed by atoms with E-state index in [1.807, 2.05) is 0 Å². The van der Waals surface area contributed by atoms with Crippen LogP contribution in [0.2, 0.25) is 5.02 Å². The summed E-state index contributed by atoms with van der Waals surface area (Å²) in [4.78, 5) is 11.9. The van der Waals surface area contributed by atoms with Crippen LogP contribution in [-0.2, 0) is 6.42 Å². The lowest BCUT2D eigenvalue weighted by Crippen LogP contribution is -2.05. The number of carbonyl (C=O) groups excluding carboxylic acids is 1. The van der Waals surface area contributed by atoms with E-state index in [-0.39, 0.29) is 22.8 Å². The van der Waals surface area contributed by atoms with Gasteiger partial charge in [-0.2, -0.15) is 0 Å². The van der Waals surface area contributed by atoms with Crippen molar-refractivity contribution < 1.29 is 13.6 Å². The largest absolute Gasteiger partial charge is 0.457 e. The van der Waals surface area contributed by atoms with Crippen LogP contribution in [0.25, 0.3) is 0 Å². The highest BCUT2D eigenvalue weighted by molar-refractivity contribution is 9.10. The summed E-state index contributed by atoms with van der Waals surface area (Å²) >= 11 is 8.75. The van der Waals surface area contributed by atoms with Crippen molar-refractivity contribution in [2.75, 3.05) is 0 Å². The molecule has 1 heterocycles. The average molecular weight is 318 g/mol. The Morgan fingerprint density at radius 3 is 2.82 bits per heavy atom. The van der Waals surface area contributed by atoms with Crippen molar-refractivity contribution in [1.82, 2.24) is 0 Å². The zero-order chi connectivity index (χ0) is 12.4. The fourth-order valence-corrected chi connectivity index (χ4v) is 2.10. The van der Waals surface area contributed by atoms with Crippen LogP contribution < -0.4 is 0 Å². The van der Waals surface area contributed by atoms with Gasteiger partial charge in [-0.05, 0) is 33.6 Å². The first-order valence-corrected chi connectivity index (χ1v) is 5.95. The highest BCUT2D eigenvalue weighted by Gasteiger charge is 2.16. The summed E-state index contributed by atoms with van der Waals surface area (Å²) in [6, 6.07) is 6.12. The SMILES string of the molecule is O=C(Cc1cccc(Cl)c1F)c1ccoc1Br. The highest BCUT2D eigenvalue weighted by Crippen LogP contribution is 2.22. The molecule has 2 rings (SSSR count). The predicted octanol–water partition coefficient (Wildman–Crippen LogP) is 4.26. The third-order valence-corrected chi connectivity index (χ3v) is 3.21. The Morgan fingerprint density at radius 1 is 1.41 bits per heavy atom. The molecular weight excluding hydrogens is 310 g/mol. The van der Waals surface area contributed by atoms with Crippen LogP contribution in [0, 0.1) is 5.82 Å². The van der Waals surface area contributed by atoms with Gasteiger partial charge in [0.25, 0.3) is 0 Å². The number of hydrogen-bond acceptors (Lipinski definition) is 2. The summed E-state index contributed by atoms with van der Waals surface area (Å²) in [5.41, 5.74) is 0.667. The van der Waals surface area contributed by atoms with Crippen LogP contribution in [0.3, 0.4) is 0 Å². The number of ketones is 1. The Morgan fingerprint density at radius 2 is 2.18 bits per heavy atom. The molecule has 1 aromatic carbocycles. The molecule has 0 spiro atoms. The van der Waals surface area contributed by atoms with Crippen molar-refractivity contribution in [3.63, 3.8) is 0 Å². The molecule has 0 bridgehead atoms. The molecule has 0 aliphatic heterocycles. The van der Waals surface area contributed by atoms with Gasteiger partial charge in [-0.3, -0.25) is 4.79 Å². The Hall–Kier alpha value is -1.13. The summed E-state index contributed by atoms with van der Waals surface area (Å²) in [5.74, 6) is -0.783. The molecular formula is C12H7BrClFO2. The molecule has 17 heavy (non-hydrogen) atoms. The fraction of sp³-hybridized carbons (Fsp3) is 0.0833. The third kappa shape index (κ3) is 2.58. The Kier molecular flexibility index (Phi) is 3.64. The van der Waals surface area contributed by atoms with Crippen LogP contribution in [-0.4, -0.2) is 5.78 Å². The van der Waals surface area contributed by atoms with E-state index in [0.717, 1.165) is 0 Å². The van der Waals surface area contributed by atoms with Gasteiger partial charge in [-0.1, -0.05) is 23.7 Å². The number of hydrogen-bond donors (Lipinski definition) is 0. The molecule has 2 nitrogen and oxygen atoms in total. The minimum atomic E-state index is -0.554. The van der Waals surface area contributed by atoms with E-state index in [4.69, 9.17) is 16.0 Å². The fourth-order valence-electron chi connectivity index (χ4n) is 1.45. The van der Waals surface area contributed by atoms with Gasteiger partial charge in [0.1, 0.15) is 5.82 Å². The molecule has 0 unspecified atom stereocenters. The standard InChI is InChI=1S/C12H7BrClFO2/c13-12-8(4-5-17-12)10(16)6-7-2-1-3-9(14)11(7)15/h1-5H,6H2. The summed E-state index contributed by atoms with van der Waals surface area (Å²) in [7, 11) is 0. The molecule has 0 saturated carbocycles. The van der Waals surface area contributed by atoms with Crippen molar-refractivity contribution >= 4 is 33.3 Å². The van der Waals surface area contributed by atoms with E-state index in [9.17, 15) is 9.18 Å². The molecule has 2 aromatic rings. The molecule has 0 atom stereocenters. The molecule has 0 fully saturated rings. The zero-order valence-corrected chi connectivity index (χ0v) is 10.9. The second-order valence-electron chi connectivity index (χ2n) is 3.42. The quantitative estimate of drug-likeness (QED) is 0.792. The van der Waals surface area contributed by atoms with E-state index in [0.29, 0.717) is 10.2 Å². The van der Waals surface area contributed by atoms with Crippen molar-refractivity contribution in [3.05, 3.63) is 57.2 Å². The second kappa shape index (κ2) is 5.02. The predicted molar refractivity (Wildman–Crippen MR) is 65.9 cm³/mol. The number of furan rings is 1. The number of carbonyl (C=O) groups is 1. The summed E-state index contributed by atoms with van der Waals surface area (Å²) in [6.07, 6.45) is 1.34. The van der Waals surface area contributed by atoms with Crippen molar-refractivity contribution in [2.24, 2.45) is 0 Å². The first kappa shape index (κ1) is 12.3. The average Bonchev–Trinajstić information content (AvgIpc) is 2.71. The van der Waals surface area contributed by atoms with Crippen LogP contribution in [0.15, 0.2) is 39.6 Å². The lowest BCUT2D eigenvalue weighted by atomic mass is 10.1.